The molecule has 3 heterocycles. The van der Waals surface area contributed by atoms with Crippen LogP contribution in [0.1, 0.15) is 47.5 Å². The lowest BCUT2D eigenvalue weighted by Gasteiger charge is -2.32. The van der Waals surface area contributed by atoms with Crippen molar-refractivity contribution in [1.29, 1.82) is 0 Å². The summed E-state index contributed by atoms with van der Waals surface area (Å²) in [6.07, 6.45) is 4.85. The highest BCUT2D eigenvalue weighted by molar-refractivity contribution is 7.10. The van der Waals surface area contributed by atoms with Gasteiger partial charge in [0.1, 0.15) is 0 Å². The summed E-state index contributed by atoms with van der Waals surface area (Å²) in [6, 6.07) is 6.97. The van der Waals surface area contributed by atoms with Gasteiger partial charge in [-0.1, -0.05) is 6.07 Å². The third kappa shape index (κ3) is 5.39. The van der Waals surface area contributed by atoms with E-state index in [1.165, 1.54) is 18.3 Å². The van der Waals surface area contributed by atoms with Gasteiger partial charge in [-0.15, -0.1) is 11.3 Å². The van der Waals surface area contributed by atoms with Crippen LogP contribution in [-0.2, 0) is 9.59 Å². The van der Waals surface area contributed by atoms with E-state index in [-0.39, 0.29) is 36.2 Å². The van der Waals surface area contributed by atoms with Crippen LogP contribution in [0.5, 0.6) is 0 Å². The van der Waals surface area contributed by atoms with Crippen molar-refractivity contribution < 1.29 is 14.4 Å². The summed E-state index contributed by atoms with van der Waals surface area (Å²) >= 11 is 1.52. The van der Waals surface area contributed by atoms with Crippen molar-refractivity contribution in [1.82, 2.24) is 20.5 Å². The van der Waals surface area contributed by atoms with Gasteiger partial charge in [0.05, 0.1) is 12.5 Å². The minimum atomic E-state index is -0.314. The fourth-order valence-corrected chi connectivity index (χ4v) is 4.11. The van der Waals surface area contributed by atoms with Crippen LogP contribution in [0.15, 0.2) is 42.0 Å². The molecule has 0 unspecified atom stereocenters. The molecule has 1 atom stereocenters. The maximum absolute atomic E-state index is 12.5. The van der Waals surface area contributed by atoms with Gasteiger partial charge in [0.15, 0.2) is 0 Å². The molecule has 2 aromatic rings. The number of carbonyl (C=O) groups excluding carboxylic acids is 3. The molecule has 0 radical (unpaired) electrons. The number of carbonyl (C=O) groups is 3. The molecule has 0 spiro atoms. The zero-order valence-corrected chi connectivity index (χ0v) is 16.6. The number of amides is 3. The maximum Gasteiger partial charge on any atom is 0.253 e. The van der Waals surface area contributed by atoms with Gasteiger partial charge < -0.3 is 15.5 Å². The molecular weight excluding hydrogens is 376 g/mol. The van der Waals surface area contributed by atoms with Gasteiger partial charge in [-0.05, 0) is 36.4 Å². The zero-order valence-electron chi connectivity index (χ0n) is 15.8. The number of nitrogens with zero attached hydrogens (tertiary/aromatic N) is 2. The smallest absolute Gasteiger partial charge is 0.253 e. The Bertz CT molecular complexity index is 802. The van der Waals surface area contributed by atoms with Gasteiger partial charge in [-0.3, -0.25) is 19.4 Å². The molecule has 1 aliphatic heterocycles. The molecule has 1 fully saturated rings. The summed E-state index contributed by atoms with van der Waals surface area (Å²) in [4.78, 5) is 43.1. The fraction of sp³-hybridized carbons (Fsp3) is 0.400. The molecule has 3 rings (SSSR count). The van der Waals surface area contributed by atoms with E-state index in [2.05, 4.69) is 15.6 Å². The Morgan fingerprint density at radius 2 is 1.93 bits per heavy atom. The van der Waals surface area contributed by atoms with Gasteiger partial charge in [0, 0.05) is 48.9 Å². The number of piperidine rings is 1. The monoisotopic (exact) mass is 400 g/mol. The van der Waals surface area contributed by atoms with Gasteiger partial charge in [0.25, 0.3) is 5.91 Å². The third-order valence-electron chi connectivity index (χ3n) is 4.73. The Morgan fingerprint density at radius 1 is 1.21 bits per heavy atom. The van der Waals surface area contributed by atoms with Gasteiger partial charge in [-0.25, -0.2) is 0 Å². The normalized spacial score (nSPS) is 15.7. The van der Waals surface area contributed by atoms with E-state index in [4.69, 9.17) is 0 Å². The lowest BCUT2D eigenvalue weighted by molar-refractivity contribution is -0.123. The molecule has 1 saturated heterocycles. The van der Waals surface area contributed by atoms with Crippen LogP contribution in [0.4, 0.5) is 0 Å². The summed E-state index contributed by atoms with van der Waals surface area (Å²) in [5, 5.41) is 7.82. The molecule has 0 saturated carbocycles. The number of likely N-dealkylation sites (tertiary alicyclic amines) is 1. The minimum absolute atomic E-state index is 0.00408. The lowest BCUT2D eigenvalue weighted by Crippen LogP contribution is -2.47. The van der Waals surface area contributed by atoms with Gasteiger partial charge in [0.2, 0.25) is 11.8 Å². The minimum Gasteiger partial charge on any atom is -0.353 e. The van der Waals surface area contributed by atoms with Crippen molar-refractivity contribution >= 4 is 29.1 Å². The standard InChI is InChI=1S/C20H24N4O3S/c1-14(25)22-17(18-3-2-12-28-18)13-19(26)23-16-6-10-24(11-7-16)20(27)15-4-8-21-9-5-15/h2-5,8-9,12,16-17H,6-7,10-11,13H2,1H3,(H,22,25)(H,23,26)/t17-/m1/s1. The van der Waals surface area contributed by atoms with E-state index in [1.807, 2.05) is 22.4 Å². The Morgan fingerprint density at radius 3 is 2.54 bits per heavy atom. The molecule has 0 bridgehead atoms. The molecule has 7 nitrogen and oxygen atoms in total. The number of rotatable bonds is 6. The van der Waals surface area contributed by atoms with Crippen LogP contribution in [0.3, 0.4) is 0 Å². The second-order valence-electron chi connectivity index (χ2n) is 6.84. The van der Waals surface area contributed by atoms with Crippen molar-refractivity contribution in [3.63, 3.8) is 0 Å². The first kappa shape index (κ1) is 20.0. The topological polar surface area (TPSA) is 91.4 Å². The number of aromatic nitrogens is 1. The van der Waals surface area contributed by atoms with Crippen LogP contribution in [0, 0.1) is 0 Å². The quantitative estimate of drug-likeness (QED) is 0.777. The summed E-state index contributed by atoms with van der Waals surface area (Å²) in [6.45, 7) is 2.66. The largest absolute Gasteiger partial charge is 0.353 e. The van der Waals surface area contributed by atoms with Crippen molar-refractivity contribution in [2.75, 3.05) is 13.1 Å². The van der Waals surface area contributed by atoms with E-state index >= 15 is 0 Å². The summed E-state index contributed by atoms with van der Waals surface area (Å²) in [5.74, 6) is -0.254. The SMILES string of the molecule is CC(=O)N[C@H](CC(=O)NC1CCN(C(=O)c2ccncc2)CC1)c1cccs1. The van der Waals surface area contributed by atoms with E-state index in [0.717, 1.165) is 4.88 Å². The van der Waals surface area contributed by atoms with E-state index in [1.54, 1.807) is 24.5 Å². The summed E-state index contributed by atoms with van der Waals surface area (Å²) in [7, 11) is 0. The molecule has 8 heteroatoms. The zero-order chi connectivity index (χ0) is 19.9. The predicted octanol–water partition coefficient (Wildman–Crippen LogP) is 2.13. The van der Waals surface area contributed by atoms with Crippen LogP contribution in [0.25, 0.3) is 0 Å². The molecular formula is C20H24N4O3S. The second-order valence-corrected chi connectivity index (χ2v) is 7.82. The van der Waals surface area contributed by atoms with Crippen LogP contribution in [0.2, 0.25) is 0 Å². The van der Waals surface area contributed by atoms with E-state index < -0.39 is 0 Å². The van der Waals surface area contributed by atoms with Crippen molar-refractivity contribution in [3.8, 4) is 0 Å². The molecule has 0 aliphatic carbocycles. The first-order valence-electron chi connectivity index (χ1n) is 9.32. The number of hydrogen-bond donors (Lipinski definition) is 2. The van der Waals surface area contributed by atoms with Crippen molar-refractivity contribution in [3.05, 3.63) is 52.5 Å². The van der Waals surface area contributed by atoms with E-state index in [0.29, 0.717) is 31.5 Å². The number of nitrogens with one attached hydrogen (secondary N) is 2. The molecule has 148 valence electrons. The highest BCUT2D eigenvalue weighted by Gasteiger charge is 2.26. The maximum atomic E-state index is 12.5. The van der Waals surface area contributed by atoms with Gasteiger partial charge in [-0.2, -0.15) is 0 Å². The Labute approximate surface area is 168 Å². The molecule has 1 aliphatic rings. The average molecular weight is 401 g/mol. The average Bonchev–Trinajstić information content (AvgIpc) is 3.23. The number of thiophene rings is 1. The molecule has 3 amide bonds. The van der Waals surface area contributed by atoms with Crippen molar-refractivity contribution in [2.45, 2.75) is 38.3 Å². The Hall–Kier alpha value is -2.74. The summed E-state index contributed by atoms with van der Waals surface area (Å²) in [5.41, 5.74) is 0.631. The Balaban J connectivity index is 1.49. The molecule has 2 aromatic heterocycles. The third-order valence-corrected chi connectivity index (χ3v) is 5.71. The highest BCUT2D eigenvalue weighted by atomic mass is 32.1. The van der Waals surface area contributed by atoms with Crippen LogP contribution < -0.4 is 10.6 Å². The van der Waals surface area contributed by atoms with Crippen LogP contribution in [-0.4, -0.2) is 46.7 Å². The molecule has 28 heavy (non-hydrogen) atoms. The molecule has 2 N–H and O–H groups in total. The van der Waals surface area contributed by atoms with Crippen LogP contribution >= 0.6 is 11.3 Å². The van der Waals surface area contributed by atoms with Crippen molar-refractivity contribution in [2.24, 2.45) is 0 Å². The van der Waals surface area contributed by atoms with Gasteiger partial charge >= 0.3 is 0 Å². The lowest BCUT2D eigenvalue weighted by atomic mass is 10.0. The first-order valence-corrected chi connectivity index (χ1v) is 10.2. The Kier molecular flexibility index (Phi) is 6.76. The second kappa shape index (κ2) is 9.45. The number of hydrogen-bond acceptors (Lipinski definition) is 5. The number of pyridine rings is 1. The predicted molar refractivity (Wildman–Crippen MR) is 107 cm³/mol. The fourth-order valence-electron chi connectivity index (χ4n) is 3.33. The highest BCUT2D eigenvalue weighted by Crippen LogP contribution is 2.22. The first-order chi connectivity index (χ1) is 13.5. The molecule has 0 aromatic carbocycles. The summed E-state index contributed by atoms with van der Waals surface area (Å²) < 4.78 is 0. The van der Waals surface area contributed by atoms with E-state index in [9.17, 15) is 14.4 Å².